The predicted octanol–water partition coefficient (Wildman–Crippen LogP) is 4.29. The molecule has 1 fully saturated rings. The highest BCUT2D eigenvalue weighted by molar-refractivity contribution is 7.21. The summed E-state index contributed by atoms with van der Waals surface area (Å²) >= 11 is 1.63. The second-order valence-electron chi connectivity index (χ2n) is 6.43. The second kappa shape index (κ2) is 7.27. The Bertz CT molecular complexity index is 843. The highest BCUT2D eigenvalue weighted by Gasteiger charge is 2.14. The molecular weight excluding hydrogens is 332 g/mol. The van der Waals surface area contributed by atoms with Crippen molar-refractivity contribution in [3.63, 3.8) is 0 Å². The van der Waals surface area contributed by atoms with Gasteiger partial charge in [0.2, 0.25) is 0 Å². The van der Waals surface area contributed by atoms with E-state index in [2.05, 4.69) is 21.4 Å². The highest BCUT2D eigenvalue weighted by atomic mass is 32.1. The summed E-state index contributed by atoms with van der Waals surface area (Å²) in [5, 5.41) is 4.21. The topological polar surface area (TPSA) is 76.4 Å². The number of furan rings is 1. The normalized spacial score (nSPS) is 16.4. The van der Waals surface area contributed by atoms with Gasteiger partial charge in [-0.05, 0) is 37.1 Å². The smallest absolute Gasteiger partial charge is 0.189 e. The van der Waals surface area contributed by atoms with E-state index in [1.54, 1.807) is 11.3 Å². The molecule has 0 amide bonds. The van der Waals surface area contributed by atoms with Crippen LogP contribution in [0.15, 0.2) is 45.8 Å². The van der Waals surface area contributed by atoms with E-state index in [1.165, 1.54) is 32.1 Å². The average Bonchev–Trinajstić information content (AvgIpc) is 3.27. The minimum atomic E-state index is 0.441. The maximum Gasteiger partial charge on any atom is 0.189 e. The van der Waals surface area contributed by atoms with Gasteiger partial charge in [-0.3, -0.25) is 0 Å². The first-order valence-corrected chi connectivity index (χ1v) is 9.61. The average molecular weight is 354 g/mol. The third-order valence-corrected chi connectivity index (χ3v) is 5.58. The van der Waals surface area contributed by atoms with Crippen molar-refractivity contribution in [3.8, 4) is 10.8 Å². The van der Waals surface area contributed by atoms with Crippen molar-refractivity contribution in [2.24, 2.45) is 10.7 Å². The zero-order valence-electron chi connectivity index (χ0n) is 14.1. The van der Waals surface area contributed by atoms with Crippen LogP contribution in [-0.4, -0.2) is 17.0 Å². The maximum atomic E-state index is 6.01. The second-order valence-corrected chi connectivity index (χ2v) is 7.46. The van der Waals surface area contributed by atoms with Crippen molar-refractivity contribution in [3.05, 3.63) is 42.2 Å². The monoisotopic (exact) mass is 354 g/mol. The van der Waals surface area contributed by atoms with E-state index >= 15 is 0 Å². The lowest BCUT2D eigenvalue weighted by molar-refractivity contribution is 0.412. The molecule has 3 N–H and O–H groups in total. The molecule has 4 rings (SSSR count). The van der Waals surface area contributed by atoms with Crippen molar-refractivity contribution in [1.82, 2.24) is 10.3 Å². The molecule has 3 aromatic rings. The molecule has 0 saturated heterocycles. The summed E-state index contributed by atoms with van der Waals surface area (Å²) in [5.74, 6) is 2.08. The number of hydrogen-bond donors (Lipinski definition) is 2. The fourth-order valence-electron chi connectivity index (χ4n) is 3.22. The van der Waals surface area contributed by atoms with Crippen molar-refractivity contribution < 1.29 is 4.42 Å². The molecule has 1 saturated carbocycles. The minimum absolute atomic E-state index is 0.441. The van der Waals surface area contributed by atoms with Crippen LogP contribution in [0.2, 0.25) is 0 Å². The molecule has 0 atom stereocenters. The van der Waals surface area contributed by atoms with Crippen molar-refractivity contribution in [1.29, 1.82) is 0 Å². The van der Waals surface area contributed by atoms with Gasteiger partial charge in [0.1, 0.15) is 12.3 Å². The minimum Gasteiger partial charge on any atom is -0.457 e. The van der Waals surface area contributed by atoms with Crippen LogP contribution in [0.5, 0.6) is 0 Å². The van der Waals surface area contributed by atoms with E-state index in [9.17, 15) is 0 Å². The fraction of sp³-hybridized carbons (Fsp3) is 0.368. The Morgan fingerprint density at radius 2 is 2.04 bits per heavy atom. The Morgan fingerprint density at radius 3 is 2.88 bits per heavy atom. The molecule has 5 nitrogen and oxygen atoms in total. The molecule has 0 aliphatic heterocycles. The quantitative estimate of drug-likeness (QED) is 0.541. The summed E-state index contributed by atoms with van der Waals surface area (Å²) < 4.78 is 7.06. The van der Waals surface area contributed by atoms with E-state index < -0.39 is 0 Å². The number of guanidine groups is 1. The number of nitrogens with two attached hydrogens (primary N) is 1. The predicted molar refractivity (Wildman–Crippen MR) is 103 cm³/mol. The summed E-state index contributed by atoms with van der Waals surface area (Å²) in [6, 6.07) is 12.5. The number of aromatic nitrogens is 1. The lowest BCUT2D eigenvalue weighted by atomic mass is 9.96. The maximum absolute atomic E-state index is 6.01. The molecule has 25 heavy (non-hydrogen) atoms. The summed E-state index contributed by atoms with van der Waals surface area (Å²) in [6.45, 7) is 0.441. The molecule has 130 valence electrons. The highest BCUT2D eigenvalue weighted by Crippen LogP contribution is 2.31. The fourth-order valence-corrected chi connectivity index (χ4v) is 4.15. The van der Waals surface area contributed by atoms with Crippen LogP contribution < -0.4 is 11.1 Å². The molecule has 1 aromatic carbocycles. The molecule has 0 radical (unpaired) electrons. The van der Waals surface area contributed by atoms with Gasteiger partial charge >= 0.3 is 0 Å². The van der Waals surface area contributed by atoms with E-state index in [0.717, 1.165) is 26.7 Å². The van der Waals surface area contributed by atoms with Crippen LogP contribution in [0.3, 0.4) is 0 Å². The molecule has 6 heteroatoms. The molecule has 0 spiro atoms. The first-order valence-electron chi connectivity index (χ1n) is 8.79. The third kappa shape index (κ3) is 3.85. The van der Waals surface area contributed by atoms with Crippen LogP contribution in [-0.2, 0) is 6.54 Å². The number of rotatable bonds is 4. The Morgan fingerprint density at radius 1 is 1.20 bits per heavy atom. The number of hydrogen-bond acceptors (Lipinski definition) is 4. The van der Waals surface area contributed by atoms with Gasteiger partial charge < -0.3 is 15.5 Å². The van der Waals surface area contributed by atoms with Crippen molar-refractivity contribution >= 4 is 27.5 Å². The first-order chi connectivity index (χ1) is 12.3. The van der Waals surface area contributed by atoms with E-state index in [1.807, 2.05) is 30.3 Å². The number of nitrogens with zero attached hydrogens (tertiary/aromatic N) is 2. The third-order valence-electron chi connectivity index (χ3n) is 4.53. The number of nitrogens with one attached hydrogen (secondary N) is 1. The summed E-state index contributed by atoms with van der Waals surface area (Å²) in [6.07, 6.45) is 6.23. The Hall–Kier alpha value is -2.34. The van der Waals surface area contributed by atoms with Gasteiger partial charge in [-0.1, -0.05) is 31.4 Å². The van der Waals surface area contributed by atoms with Gasteiger partial charge in [0, 0.05) is 6.04 Å². The van der Waals surface area contributed by atoms with Gasteiger partial charge in [-0.15, -0.1) is 11.3 Å². The van der Waals surface area contributed by atoms with Gasteiger partial charge in [-0.25, -0.2) is 9.98 Å². The molecule has 1 aliphatic carbocycles. The SMILES string of the molecule is NC(=NCc1ccc(-c2nc3ccccc3s2)o1)NC1CCCCC1. The van der Waals surface area contributed by atoms with E-state index in [4.69, 9.17) is 10.2 Å². The van der Waals surface area contributed by atoms with Crippen LogP contribution in [0.4, 0.5) is 0 Å². The van der Waals surface area contributed by atoms with Gasteiger partial charge in [0.05, 0.1) is 10.2 Å². The zero-order valence-corrected chi connectivity index (χ0v) is 14.9. The summed E-state index contributed by atoms with van der Waals surface area (Å²) in [4.78, 5) is 9.03. The number of para-hydroxylation sites is 1. The first kappa shape index (κ1) is 16.1. The number of fused-ring (bicyclic) bond motifs is 1. The lowest BCUT2D eigenvalue weighted by Crippen LogP contribution is -2.41. The Labute approximate surface area is 151 Å². The van der Waals surface area contributed by atoms with E-state index in [-0.39, 0.29) is 0 Å². The molecule has 0 unspecified atom stereocenters. The number of thiazole rings is 1. The molecule has 0 bridgehead atoms. The lowest BCUT2D eigenvalue weighted by Gasteiger charge is -2.23. The number of aliphatic imine (C=N–C) groups is 1. The van der Waals surface area contributed by atoms with Gasteiger partial charge in [0.25, 0.3) is 0 Å². The Kier molecular flexibility index (Phi) is 4.70. The Balaban J connectivity index is 1.41. The van der Waals surface area contributed by atoms with E-state index in [0.29, 0.717) is 18.5 Å². The largest absolute Gasteiger partial charge is 0.457 e. The number of benzene rings is 1. The standard InChI is InChI=1S/C19H22N4OS/c20-19(22-13-6-2-1-3-7-13)21-12-14-10-11-16(24-14)18-23-15-8-4-5-9-17(15)25-18/h4-5,8-11,13H,1-3,6-7,12H2,(H3,20,21,22). The van der Waals surface area contributed by atoms with Gasteiger partial charge in [-0.2, -0.15) is 0 Å². The van der Waals surface area contributed by atoms with Crippen LogP contribution in [0, 0.1) is 0 Å². The molecule has 1 aliphatic rings. The van der Waals surface area contributed by atoms with Crippen LogP contribution >= 0.6 is 11.3 Å². The summed E-state index contributed by atoms with van der Waals surface area (Å²) in [5.41, 5.74) is 7.01. The van der Waals surface area contributed by atoms with Crippen molar-refractivity contribution in [2.45, 2.75) is 44.7 Å². The summed E-state index contributed by atoms with van der Waals surface area (Å²) in [7, 11) is 0. The van der Waals surface area contributed by atoms with Crippen LogP contribution in [0.1, 0.15) is 37.9 Å². The zero-order chi connectivity index (χ0) is 17.1. The van der Waals surface area contributed by atoms with Gasteiger partial charge in [0.15, 0.2) is 16.7 Å². The molecule has 2 aromatic heterocycles. The molecular formula is C19H22N4OS. The van der Waals surface area contributed by atoms with Crippen LogP contribution in [0.25, 0.3) is 21.0 Å². The molecule has 2 heterocycles. The van der Waals surface area contributed by atoms with Crippen molar-refractivity contribution in [2.75, 3.05) is 0 Å².